The molecule has 2 unspecified atom stereocenters. The fourth-order valence-corrected chi connectivity index (χ4v) is 0.846. The smallest absolute Gasteiger partial charge is 0.305 e. The molecule has 2 fully saturated rings. The van der Waals surface area contributed by atoms with E-state index in [4.69, 9.17) is 24.1 Å². The molecule has 0 aliphatic carbocycles. The van der Waals surface area contributed by atoms with E-state index in [-0.39, 0.29) is 12.1 Å². The van der Waals surface area contributed by atoms with Gasteiger partial charge in [0.2, 0.25) is 0 Å². The Labute approximate surface area is 106 Å². The maximum absolute atomic E-state index is 10.5. The van der Waals surface area contributed by atoms with Crippen LogP contribution in [0.3, 0.4) is 0 Å². The highest BCUT2D eigenvalue weighted by atomic mass is 16.7. The predicted molar refractivity (Wildman–Crippen MR) is 66.8 cm³/mol. The third-order valence-corrected chi connectivity index (χ3v) is 2.13. The van der Waals surface area contributed by atoms with E-state index < -0.39 is 0 Å². The number of hydrogen-bond donors (Lipinski definition) is 0. The van der Waals surface area contributed by atoms with Gasteiger partial charge in [0.05, 0.1) is 13.2 Å². The summed E-state index contributed by atoms with van der Waals surface area (Å²) in [6.45, 7) is 11.0. The van der Waals surface area contributed by atoms with Crippen molar-refractivity contribution in [3.05, 3.63) is 34.7 Å². The first-order chi connectivity index (χ1) is 8.67. The molecule has 0 saturated carbocycles. The number of ether oxygens (including phenoxy) is 3. The summed E-state index contributed by atoms with van der Waals surface area (Å²) in [4.78, 5) is 24.5. The molecule has 2 atom stereocenters. The maximum Gasteiger partial charge on any atom is 0.305 e. The van der Waals surface area contributed by atoms with Gasteiger partial charge in [-0.05, 0) is 5.57 Å². The van der Waals surface area contributed by atoms with Gasteiger partial charge >= 0.3 is 5.97 Å². The van der Waals surface area contributed by atoms with Gasteiger partial charge in [-0.3, -0.25) is 4.79 Å². The summed E-state index contributed by atoms with van der Waals surface area (Å²) in [5.41, 5.74) is 1.00. The van der Waals surface area contributed by atoms with Crippen molar-refractivity contribution >= 4 is 5.97 Å². The molecule has 18 heavy (non-hydrogen) atoms. The third-order valence-electron chi connectivity index (χ3n) is 2.13. The van der Waals surface area contributed by atoms with Gasteiger partial charge in [0, 0.05) is 16.4 Å². The quantitative estimate of drug-likeness (QED) is 0.422. The molecule has 2 heterocycles. The normalized spacial score (nSPS) is 22.3. The highest BCUT2D eigenvalue weighted by Crippen LogP contribution is 2.17. The molecule has 0 radical (unpaired) electrons. The van der Waals surface area contributed by atoms with Crippen LogP contribution in [0, 0.1) is 9.93 Å². The van der Waals surface area contributed by atoms with Gasteiger partial charge in [0.25, 0.3) is 0 Å². The number of esters is 1. The van der Waals surface area contributed by atoms with Crippen LogP contribution in [0.25, 0.3) is 0 Å². The van der Waals surface area contributed by atoms with Crippen LogP contribution in [0.2, 0.25) is 0 Å². The Kier molecular flexibility index (Phi) is 8.69. The number of epoxide rings is 2. The molecule has 2 saturated heterocycles. The Morgan fingerprint density at radius 2 is 1.94 bits per heavy atom. The first kappa shape index (κ1) is 16.5. The highest BCUT2D eigenvalue weighted by Gasteiger charge is 2.23. The van der Waals surface area contributed by atoms with Crippen LogP contribution >= 0.6 is 0 Å². The van der Waals surface area contributed by atoms with E-state index in [1.807, 2.05) is 0 Å². The van der Waals surface area contributed by atoms with E-state index in [9.17, 15) is 4.79 Å². The van der Waals surface area contributed by atoms with Crippen molar-refractivity contribution in [1.29, 1.82) is 0 Å². The molecule has 0 aromatic rings. The Balaban J connectivity index is 0.000000289. The van der Waals surface area contributed by atoms with E-state index in [0.29, 0.717) is 19.1 Å². The molecular weight excluding hydrogens is 240 g/mol. The first-order valence-electron chi connectivity index (χ1n) is 5.54. The number of carbonyl (C=O) groups excluding carboxylic acids is 1. The molecule has 0 bridgehead atoms. The lowest BCUT2D eigenvalue weighted by atomic mass is 10.2. The second kappa shape index (κ2) is 9.49. The van der Waals surface area contributed by atoms with Gasteiger partial charge < -0.3 is 14.2 Å². The fourth-order valence-electron chi connectivity index (χ4n) is 0.846. The molecule has 6 nitrogen and oxygen atoms in total. The summed E-state index contributed by atoms with van der Waals surface area (Å²) < 4.78 is 14.5. The predicted octanol–water partition coefficient (Wildman–Crippen LogP) is 1.53. The van der Waals surface area contributed by atoms with E-state index in [0.717, 1.165) is 18.8 Å². The van der Waals surface area contributed by atoms with Crippen LogP contribution in [-0.2, 0) is 19.0 Å². The lowest BCUT2D eigenvalue weighted by Gasteiger charge is -1.97. The Morgan fingerprint density at radius 3 is 2.22 bits per heavy atom. The third kappa shape index (κ3) is 8.60. The molecule has 102 valence electrons. The zero-order valence-electron chi connectivity index (χ0n) is 10.4. The van der Waals surface area contributed by atoms with Gasteiger partial charge in [-0.25, -0.2) is 0 Å². The highest BCUT2D eigenvalue weighted by molar-refractivity contribution is 5.68. The van der Waals surface area contributed by atoms with Gasteiger partial charge in [0.1, 0.15) is 18.8 Å². The Bertz CT molecular complexity index is 280. The van der Waals surface area contributed by atoms with Crippen LogP contribution in [0.5, 0.6) is 0 Å². The molecule has 2 aliphatic rings. The van der Waals surface area contributed by atoms with Crippen molar-refractivity contribution in [2.45, 2.75) is 25.6 Å². The van der Waals surface area contributed by atoms with Crippen LogP contribution < -0.4 is 0 Å². The zero-order chi connectivity index (χ0) is 14.0. The molecule has 6 heteroatoms. The van der Waals surface area contributed by atoms with E-state index in [1.54, 1.807) is 13.0 Å². The number of rotatable bonds is 5. The van der Waals surface area contributed by atoms with Crippen molar-refractivity contribution < 1.29 is 19.0 Å². The molecule has 0 aromatic heterocycles. The number of hydrogen-bond acceptors (Lipinski definition) is 6. The van der Waals surface area contributed by atoms with Crippen LogP contribution in [0.4, 0.5) is 0 Å². The van der Waals surface area contributed by atoms with Crippen molar-refractivity contribution in [2.75, 3.05) is 19.8 Å². The van der Waals surface area contributed by atoms with Crippen LogP contribution in [0.15, 0.2) is 24.8 Å². The molecular formula is C12H18O6. The molecule has 0 aromatic carbocycles. The van der Waals surface area contributed by atoms with E-state index >= 15 is 0 Å². The summed E-state index contributed by atoms with van der Waals surface area (Å²) in [6.07, 6.45) is 2.68. The second-order valence-electron chi connectivity index (χ2n) is 3.59. The van der Waals surface area contributed by atoms with E-state index in [1.165, 1.54) is 0 Å². The summed E-state index contributed by atoms with van der Waals surface area (Å²) >= 11 is 0. The molecule has 2 aliphatic heterocycles. The average Bonchev–Trinajstić information content (AvgIpc) is 3.30. The van der Waals surface area contributed by atoms with Crippen molar-refractivity contribution in [1.82, 2.24) is 0 Å². The first-order valence-corrected chi connectivity index (χ1v) is 5.54. The summed E-state index contributed by atoms with van der Waals surface area (Å²) in [7, 11) is 0. The molecule has 0 amide bonds. The van der Waals surface area contributed by atoms with Crippen molar-refractivity contribution in [2.24, 2.45) is 0 Å². The molecule has 0 N–H and O–H groups in total. The summed E-state index contributed by atoms with van der Waals surface area (Å²) in [5, 5.41) is 0. The van der Waals surface area contributed by atoms with E-state index in [2.05, 4.69) is 13.2 Å². The Morgan fingerprint density at radius 1 is 1.39 bits per heavy atom. The van der Waals surface area contributed by atoms with Gasteiger partial charge in [-0.15, -0.1) is 0 Å². The van der Waals surface area contributed by atoms with Crippen molar-refractivity contribution in [3.63, 3.8) is 0 Å². The maximum atomic E-state index is 10.5. The monoisotopic (exact) mass is 258 g/mol. The molecule has 0 spiro atoms. The zero-order valence-corrected chi connectivity index (χ0v) is 10.4. The lowest BCUT2D eigenvalue weighted by Crippen LogP contribution is -2.07. The summed E-state index contributed by atoms with van der Waals surface area (Å²) in [6, 6.07) is 0. The minimum absolute atomic E-state index is 0.148. The standard InChI is InChI=1S/C6H10O3.C6H8O.O2/c1-2-6(7)9-4-5-3-8-5;1-3-5(2)6-4-7-6;1-2/h5H,2-4H2,1H3;3,6H,1-2,4H2;. The molecule has 2 rings (SSSR count). The van der Waals surface area contributed by atoms with Crippen LogP contribution in [-0.4, -0.2) is 38.0 Å². The van der Waals surface area contributed by atoms with Gasteiger partial charge in [-0.2, -0.15) is 0 Å². The lowest BCUT2D eigenvalue weighted by molar-refractivity contribution is -0.143. The second-order valence-corrected chi connectivity index (χ2v) is 3.59. The largest absolute Gasteiger partial charge is 0.463 e. The van der Waals surface area contributed by atoms with Crippen molar-refractivity contribution in [3.8, 4) is 0 Å². The van der Waals surface area contributed by atoms with Gasteiger partial charge in [-0.1, -0.05) is 26.2 Å². The minimum Gasteiger partial charge on any atom is -0.463 e. The average molecular weight is 258 g/mol. The summed E-state index contributed by atoms with van der Waals surface area (Å²) in [5.74, 6) is -0.148. The van der Waals surface area contributed by atoms with Gasteiger partial charge in [0.15, 0.2) is 0 Å². The minimum atomic E-state index is -0.148. The fraction of sp³-hybridized carbons (Fsp3) is 0.583. The topological polar surface area (TPSA) is 85.5 Å². The Hall–Kier alpha value is -1.53. The van der Waals surface area contributed by atoms with Crippen LogP contribution in [0.1, 0.15) is 13.3 Å². The SMILES string of the molecule is C=CC(=C)C1CO1.CCC(=O)OCC1CO1.O=O. The number of carbonyl (C=O) groups is 1.